The number of carbonyl (C=O) groups excluding carboxylic acids is 2. The molecule has 2 amide bonds. The minimum absolute atomic E-state index is 0.00220. The molecule has 2 aliphatic rings. The fourth-order valence-corrected chi connectivity index (χ4v) is 3.99. The Morgan fingerprint density at radius 1 is 1.19 bits per heavy atom. The molecule has 1 saturated heterocycles. The molecule has 21 heavy (non-hydrogen) atoms. The van der Waals surface area contributed by atoms with E-state index in [0.717, 1.165) is 19.3 Å². The monoisotopic (exact) mass is 402 g/mol. The standard InChI is InChI=1S/C15H16FIN2O2/c16-10-4-5-12(11(17)8-10)19-9-13(20)18-15(14(19)21)6-2-1-3-7-15/h4-5,8H,1-3,6-7,9H2,(H,18,20). The molecule has 1 heterocycles. The molecule has 1 aromatic rings. The molecule has 0 atom stereocenters. The van der Waals surface area contributed by atoms with E-state index in [1.807, 2.05) is 22.6 Å². The van der Waals surface area contributed by atoms with E-state index in [1.54, 1.807) is 6.07 Å². The maximum absolute atomic E-state index is 13.2. The molecule has 6 heteroatoms. The lowest BCUT2D eigenvalue weighted by Gasteiger charge is -2.44. The number of hydrogen-bond acceptors (Lipinski definition) is 2. The van der Waals surface area contributed by atoms with Crippen LogP contribution >= 0.6 is 22.6 Å². The molecule has 1 spiro atoms. The maximum atomic E-state index is 13.2. The summed E-state index contributed by atoms with van der Waals surface area (Å²) < 4.78 is 13.9. The SMILES string of the molecule is O=C1CN(c2ccc(F)cc2I)C(=O)C2(CCCCC2)N1. The van der Waals surface area contributed by atoms with Gasteiger partial charge < -0.3 is 5.32 Å². The van der Waals surface area contributed by atoms with Crippen LogP contribution in [0.1, 0.15) is 32.1 Å². The number of halogens is 2. The number of rotatable bonds is 1. The fraction of sp³-hybridized carbons (Fsp3) is 0.467. The second-order valence-corrected chi connectivity index (χ2v) is 6.84. The third kappa shape index (κ3) is 2.65. The van der Waals surface area contributed by atoms with Crippen molar-refractivity contribution < 1.29 is 14.0 Å². The molecule has 0 unspecified atom stereocenters. The topological polar surface area (TPSA) is 49.4 Å². The molecule has 112 valence electrons. The Labute approximate surface area is 136 Å². The second kappa shape index (κ2) is 5.55. The van der Waals surface area contributed by atoms with Crippen LogP contribution in [0.5, 0.6) is 0 Å². The predicted molar refractivity (Wildman–Crippen MR) is 85.4 cm³/mol. The van der Waals surface area contributed by atoms with Crippen LogP contribution in [0.4, 0.5) is 10.1 Å². The number of anilines is 1. The van der Waals surface area contributed by atoms with E-state index in [-0.39, 0.29) is 24.2 Å². The van der Waals surface area contributed by atoms with Crippen LogP contribution in [0, 0.1) is 9.39 Å². The molecular formula is C15H16FIN2O2. The van der Waals surface area contributed by atoms with E-state index in [2.05, 4.69) is 5.32 Å². The minimum Gasteiger partial charge on any atom is -0.340 e. The van der Waals surface area contributed by atoms with Gasteiger partial charge in [0.25, 0.3) is 5.91 Å². The van der Waals surface area contributed by atoms with Crippen LogP contribution in [0.3, 0.4) is 0 Å². The normalized spacial score (nSPS) is 21.5. The first-order valence-corrected chi connectivity index (χ1v) is 8.18. The molecule has 2 fully saturated rings. The third-order valence-electron chi connectivity index (χ3n) is 4.24. The number of hydrogen-bond donors (Lipinski definition) is 1. The minimum atomic E-state index is -0.759. The average molecular weight is 402 g/mol. The summed E-state index contributed by atoms with van der Waals surface area (Å²) in [5.41, 5.74) is -0.146. The smallest absolute Gasteiger partial charge is 0.253 e. The van der Waals surface area contributed by atoms with Gasteiger partial charge in [0, 0.05) is 3.57 Å². The number of amides is 2. The van der Waals surface area contributed by atoms with Crippen LogP contribution in [-0.2, 0) is 9.59 Å². The number of carbonyl (C=O) groups is 2. The molecule has 4 nitrogen and oxygen atoms in total. The highest BCUT2D eigenvalue weighted by atomic mass is 127. The van der Waals surface area contributed by atoms with E-state index in [4.69, 9.17) is 0 Å². The summed E-state index contributed by atoms with van der Waals surface area (Å²) in [7, 11) is 0. The molecule has 1 aromatic carbocycles. The molecule has 3 rings (SSSR count). The van der Waals surface area contributed by atoms with Crippen molar-refractivity contribution in [2.24, 2.45) is 0 Å². The van der Waals surface area contributed by atoms with E-state index >= 15 is 0 Å². The highest BCUT2D eigenvalue weighted by Gasteiger charge is 2.47. The van der Waals surface area contributed by atoms with Gasteiger partial charge in [0.1, 0.15) is 17.9 Å². The summed E-state index contributed by atoms with van der Waals surface area (Å²) in [6, 6.07) is 4.28. The first-order chi connectivity index (χ1) is 10.0. The van der Waals surface area contributed by atoms with Crippen LogP contribution in [0.25, 0.3) is 0 Å². The summed E-state index contributed by atoms with van der Waals surface area (Å²) in [4.78, 5) is 26.5. The lowest BCUT2D eigenvalue weighted by molar-refractivity contribution is -0.137. The van der Waals surface area contributed by atoms with Crippen LogP contribution in [0.15, 0.2) is 18.2 Å². The quantitative estimate of drug-likeness (QED) is 0.735. The van der Waals surface area contributed by atoms with E-state index < -0.39 is 5.54 Å². The van der Waals surface area contributed by atoms with Crippen molar-refractivity contribution in [3.05, 3.63) is 27.6 Å². The van der Waals surface area contributed by atoms with E-state index in [1.165, 1.54) is 17.0 Å². The van der Waals surface area contributed by atoms with Crippen molar-refractivity contribution in [2.75, 3.05) is 11.4 Å². The summed E-state index contributed by atoms with van der Waals surface area (Å²) in [6.45, 7) is 0.00220. The Hall–Kier alpha value is -1.18. The first-order valence-electron chi connectivity index (χ1n) is 7.10. The van der Waals surface area contributed by atoms with Crippen molar-refractivity contribution in [1.82, 2.24) is 5.32 Å². The predicted octanol–water partition coefficient (Wildman–Crippen LogP) is 2.60. The van der Waals surface area contributed by atoms with Crippen molar-refractivity contribution in [2.45, 2.75) is 37.6 Å². The molecule has 1 saturated carbocycles. The van der Waals surface area contributed by atoms with E-state index in [9.17, 15) is 14.0 Å². The van der Waals surface area contributed by atoms with Crippen LogP contribution < -0.4 is 10.2 Å². The molecule has 0 bridgehead atoms. The van der Waals surface area contributed by atoms with Crippen molar-refractivity contribution in [3.8, 4) is 0 Å². The maximum Gasteiger partial charge on any atom is 0.253 e. The molecule has 0 radical (unpaired) electrons. The summed E-state index contributed by atoms with van der Waals surface area (Å²) in [6.07, 6.45) is 4.36. The van der Waals surface area contributed by atoms with Gasteiger partial charge in [0.15, 0.2) is 0 Å². The number of benzene rings is 1. The van der Waals surface area contributed by atoms with Crippen molar-refractivity contribution >= 4 is 40.1 Å². The van der Waals surface area contributed by atoms with Gasteiger partial charge in [0.05, 0.1) is 5.69 Å². The zero-order valence-electron chi connectivity index (χ0n) is 11.5. The largest absolute Gasteiger partial charge is 0.340 e. The van der Waals surface area contributed by atoms with Gasteiger partial charge in [-0.1, -0.05) is 19.3 Å². The lowest BCUT2D eigenvalue weighted by Crippen LogP contribution is -2.67. The van der Waals surface area contributed by atoms with Gasteiger partial charge in [-0.25, -0.2) is 4.39 Å². The number of nitrogens with zero attached hydrogens (tertiary/aromatic N) is 1. The number of piperazine rings is 1. The zero-order valence-corrected chi connectivity index (χ0v) is 13.7. The Kier molecular flexibility index (Phi) is 3.90. The van der Waals surface area contributed by atoms with Gasteiger partial charge in [0.2, 0.25) is 5.91 Å². The third-order valence-corrected chi connectivity index (χ3v) is 5.11. The summed E-state index contributed by atoms with van der Waals surface area (Å²) in [5.74, 6) is -0.549. The van der Waals surface area contributed by atoms with Gasteiger partial charge in [-0.05, 0) is 53.6 Å². The Morgan fingerprint density at radius 2 is 1.90 bits per heavy atom. The van der Waals surface area contributed by atoms with Crippen LogP contribution in [0.2, 0.25) is 0 Å². The van der Waals surface area contributed by atoms with Gasteiger partial charge >= 0.3 is 0 Å². The van der Waals surface area contributed by atoms with Crippen LogP contribution in [-0.4, -0.2) is 23.9 Å². The first kappa shape index (κ1) is 14.7. The van der Waals surface area contributed by atoms with Gasteiger partial charge in [-0.15, -0.1) is 0 Å². The molecule has 0 aromatic heterocycles. The van der Waals surface area contributed by atoms with Gasteiger partial charge in [-0.2, -0.15) is 0 Å². The molecular weight excluding hydrogens is 386 g/mol. The Balaban J connectivity index is 1.97. The zero-order chi connectivity index (χ0) is 15.0. The average Bonchev–Trinajstić information content (AvgIpc) is 2.44. The van der Waals surface area contributed by atoms with Gasteiger partial charge in [-0.3, -0.25) is 14.5 Å². The molecule has 1 aliphatic carbocycles. The summed E-state index contributed by atoms with van der Waals surface area (Å²) >= 11 is 2.00. The highest BCUT2D eigenvalue weighted by molar-refractivity contribution is 14.1. The Morgan fingerprint density at radius 3 is 2.57 bits per heavy atom. The van der Waals surface area contributed by atoms with Crippen molar-refractivity contribution in [3.63, 3.8) is 0 Å². The Bertz CT molecular complexity index is 599. The lowest BCUT2D eigenvalue weighted by atomic mass is 9.79. The van der Waals surface area contributed by atoms with E-state index in [0.29, 0.717) is 22.1 Å². The second-order valence-electron chi connectivity index (χ2n) is 5.68. The number of nitrogens with one attached hydrogen (secondary N) is 1. The molecule has 1 aliphatic heterocycles. The summed E-state index contributed by atoms with van der Waals surface area (Å²) in [5, 5.41) is 2.91. The van der Waals surface area contributed by atoms with Crippen molar-refractivity contribution in [1.29, 1.82) is 0 Å². The highest BCUT2D eigenvalue weighted by Crippen LogP contribution is 2.35. The fourth-order valence-electron chi connectivity index (χ4n) is 3.22. The molecule has 1 N–H and O–H groups in total.